The van der Waals surface area contributed by atoms with Gasteiger partial charge in [0.15, 0.2) is 6.67 Å². The monoisotopic (exact) mass is 404 g/mol. The molecule has 0 atom stereocenters. The molecule has 142 valence electrons. The fourth-order valence-corrected chi connectivity index (χ4v) is 4.73. The fourth-order valence-electron chi connectivity index (χ4n) is 2.92. The average Bonchev–Trinajstić information content (AvgIpc) is 2.97. The number of hydrogen-bond acceptors (Lipinski definition) is 4. The number of hydrogen-bond donors (Lipinski definition) is 1. The minimum atomic E-state index is -4.06. The second-order valence-electron chi connectivity index (χ2n) is 6.09. The van der Waals surface area contributed by atoms with E-state index in [9.17, 15) is 17.2 Å². The van der Waals surface area contributed by atoms with Gasteiger partial charge in [-0.3, -0.25) is 0 Å². The van der Waals surface area contributed by atoms with Crippen LogP contribution in [0.25, 0.3) is 0 Å². The quantitative estimate of drug-likeness (QED) is 0.727. The Morgan fingerprint density at radius 3 is 2.58 bits per heavy atom. The van der Waals surface area contributed by atoms with Gasteiger partial charge in [-0.15, -0.1) is 0 Å². The number of nitrogens with zero attached hydrogens (tertiary/aromatic N) is 4. The molecule has 26 heavy (non-hydrogen) atoms. The fraction of sp³-hybridized carbons (Fsp3) is 0.467. The second kappa shape index (κ2) is 7.51. The van der Waals surface area contributed by atoms with Crippen LogP contribution in [0.4, 0.5) is 8.78 Å². The maximum atomic E-state index is 13.9. The zero-order chi connectivity index (χ0) is 18.9. The molecule has 1 N–H and O–H groups in total. The van der Waals surface area contributed by atoms with E-state index >= 15 is 0 Å². The summed E-state index contributed by atoms with van der Waals surface area (Å²) in [5.74, 6) is -1.73. The summed E-state index contributed by atoms with van der Waals surface area (Å²) in [5, 5.41) is 4.25. The molecule has 0 unspecified atom stereocenters. The van der Waals surface area contributed by atoms with Gasteiger partial charge in [0.25, 0.3) is 0 Å². The van der Waals surface area contributed by atoms with Crippen molar-refractivity contribution in [2.24, 2.45) is 0 Å². The molecule has 1 aromatic heterocycles. The van der Waals surface area contributed by atoms with Crippen LogP contribution in [0.2, 0.25) is 0 Å². The van der Waals surface area contributed by atoms with E-state index in [0.29, 0.717) is 24.5 Å². The second-order valence-corrected chi connectivity index (χ2v) is 8.36. The van der Waals surface area contributed by atoms with Gasteiger partial charge in [-0.05, 0) is 37.3 Å². The van der Waals surface area contributed by atoms with E-state index in [1.54, 1.807) is 11.0 Å². The van der Waals surface area contributed by atoms with E-state index in [0.717, 1.165) is 29.6 Å². The normalized spacial score (nSPS) is 16.9. The van der Waals surface area contributed by atoms with Crippen molar-refractivity contribution >= 4 is 22.2 Å². The molecule has 11 heteroatoms. The Hall–Kier alpha value is -1.69. The van der Waals surface area contributed by atoms with Crippen molar-refractivity contribution in [2.45, 2.75) is 25.0 Å². The molecule has 0 saturated carbocycles. The summed E-state index contributed by atoms with van der Waals surface area (Å²) in [7, 11) is -4.06. The molecule has 2 heterocycles. The Balaban J connectivity index is 1.69. The predicted molar refractivity (Wildman–Crippen MR) is 92.5 cm³/mol. The summed E-state index contributed by atoms with van der Waals surface area (Å²) in [6.07, 6.45) is 1.68. The number of nitrogens with one attached hydrogen (secondary N) is 1. The van der Waals surface area contributed by atoms with Crippen molar-refractivity contribution in [2.75, 3.05) is 26.2 Å². The lowest BCUT2D eigenvalue weighted by molar-refractivity contribution is -0.926. The molecule has 0 radical (unpaired) electrons. The highest BCUT2D eigenvalue weighted by atomic mass is 32.2. The number of aryl methyl sites for hydroxylation is 1. The van der Waals surface area contributed by atoms with Crippen LogP contribution in [0.1, 0.15) is 6.92 Å². The molecule has 3 rings (SSSR count). The molecule has 7 nitrogen and oxygen atoms in total. The summed E-state index contributed by atoms with van der Waals surface area (Å²) < 4.78 is 57.8. The zero-order valence-electron chi connectivity index (χ0n) is 14.2. The summed E-state index contributed by atoms with van der Waals surface area (Å²) in [4.78, 5) is 0.499. The molecule has 0 amide bonds. The molecule has 1 aromatic carbocycles. The Morgan fingerprint density at radius 2 is 1.96 bits per heavy atom. The summed E-state index contributed by atoms with van der Waals surface area (Å²) >= 11 is 5.33. The Bertz CT molecular complexity index is 949. The van der Waals surface area contributed by atoms with Gasteiger partial charge in [-0.1, -0.05) is 0 Å². The van der Waals surface area contributed by atoms with Crippen LogP contribution in [0.5, 0.6) is 0 Å². The van der Waals surface area contributed by atoms with Gasteiger partial charge in [-0.2, -0.15) is 14.1 Å². The van der Waals surface area contributed by atoms with Crippen LogP contribution in [-0.4, -0.2) is 53.2 Å². The maximum absolute atomic E-state index is 13.9. The van der Waals surface area contributed by atoms with Crippen molar-refractivity contribution < 1.29 is 22.1 Å². The number of halogens is 2. The number of rotatable bonds is 5. The maximum Gasteiger partial charge on any atom is 0.246 e. The molecule has 1 aliphatic rings. The lowest BCUT2D eigenvalue weighted by Crippen LogP contribution is -3.14. The van der Waals surface area contributed by atoms with Crippen LogP contribution in [0.3, 0.4) is 0 Å². The Labute approximate surface area is 155 Å². The van der Waals surface area contributed by atoms with Crippen molar-refractivity contribution in [1.82, 2.24) is 18.7 Å². The third-order valence-electron chi connectivity index (χ3n) is 4.45. The van der Waals surface area contributed by atoms with Crippen LogP contribution >= 0.6 is 12.2 Å². The van der Waals surface area contributed by atoms with Crippen molar-refractivity contribution in [1.29, 1.82) is 0 Å². The van der Waals surface area contributed by atoms with Gasteiger partial charge in [-0.25, -0.2) is 17.2 Å². The van der Waals surface area contributed by atoms with Gasteiger partial charge in [0, 0.05) is 6.54 Å². The molecule has 0 aliphatic carbocycles. The lowest BCUT2D eigenvalue weighted by atomic mass is 10.3. The molecule has 0 spiro atoms. The van der Waals surface area contributed by atoms with E-state index in [2.05, 4.69) is 5.10 Å². The summed E-state index contributed by atoms with van der Waals surface area (Å²) in [6, 6.07) is 2.45. The lowest BCUT2D eigenvalue weighted by Gasteiger charge is -2.31. The average molecular weight is 404 g/mol. The highest BCUT2D eigenvalue weighted by Crippen LogP contribution is 2.20. The minimum absolute atomic E-state index is 0.218. The van der Waals surface area contributed by atoms with Gasteiger partial charge in [0.05, 0.1) is 26.2 Å². The van der Waals surface area contributed by atoms with Gasteiger partial charge >= 0.3 is 0 Å². The Morgan fingerprint density at radius 1 is 1.27 bits per heavy atom. The molecule has 2 aromatic rings. The van der Waals surface area contributed by atoms with Crippen molar-refractivity contribution in [3.63, 3.8) is 0 Å². The van der Waals surface area contributed by atoms with Crippen LogP contribution in [0.15, 0.2) is 29.4 Å². The topological polar surface area (TPSA) is 64.6 Å². The van der Waals surface area contributed by atoms with Crippen LogP contribution in [-0.2, 0) is 23.2 Å². The largest absolute Gasteiger partial charge is 0.314 e. The predicted octanol–water partition coefficient (Wildman–Crippen LogP) is 0.259. The highest BCUT2D eigenvalue weighted by Gasteiger charge is 2.32. The summed E-state index contributed by atoms with van der Waals surface area (Å²) in [5.41, 5.74) is 0. The molecule has 1 saturated heterocycles. The third-order valence-corrected chi connectivity index (χ3v) is 6.81. The van der Waals surface area contributed by atoms with E-state index < -0.39 is 26.6 Å². The van der Waals surface area contributed by atoms with E-state index in [4.69, 9.17) is 12.2 Å². The number of aromatic nitrogens is 3. The van der Waals surface area contributed by atoms with Crippen LogP contribution in [0, 0.1) is 16.4 Å². The third kappa shape index (κ3) is 3.70. The number of piperazine rings is 1. The molecule has 0 bridgehead atoms. The SMILES string of the molecule is CCn1cnn(C[NH+]2CCN(S(=O)(=O)c3cc(F)ccc3F)CC2)c1=S. The number of benzene rings is 1. The first-order valence-electron chi connectivity index (χ1n) is 8.24. The van der Waals surface area contributed by atoms with E-state index in [-0.39, 0.29) is 13.1 Å². The number of sulfonamides is 1. The molecule has 1 fully saturated rings. The van der Waals surface area contributed by atoms with Gasteiger partial charge in [0.2, 0.25) is 14.8 Å². The standard InChI is InChI=1S/C15H19F2N5O2S2/c1-2-20-10-18-22(15(20)25)11-19-5-7-21(8-6-19)26(23,24)14-9-12(16)3-4-13(14)17/h3-4,9-10H,2,5-8,11H2,1H3/p+1. The van der Waals surface area contributed by atoms with Crippen molar-refractivity contribution in [3.05, 3.63) is 40.9 Å². The van der Waals surface area contributed by atoms with E-state index in [1.807, 2.05) is 11.5 Å². The smallest absolute Gasteiger partial charge is 0.246 e. The first kappa shape index (κ1) is 19.1. The van der Waals surface area contributed by atoms with Crippen LogP contribution < -0.4 is 4.90 Å². The number of quaternary nitrogens is 1. The zero-order valence-corrected chi connectivity index (χ0v) is 15.9. The van der Waals surface area contributed by atoms with Gasteiger partial charge < -0.3 is 9.47 Å². The first-order valence-corrected chi connectivity index (χ1v) is 10.1. The van der Waals surface area contributed by atoms with E-state index in [1.165, 1.54) is 4.31 Å². The minimum Gasteiger partial charge on any atom is -0.314 e. The molecular weight excluding hydrogens is 384 g/mol. The molecule has 1 aliphatic heterocycles. The first-order chi connectivity index (χ1) is 12.3. The molecular formula is C15H20F2N5O2S2+. The Kier molecular flexibility index (Phi) is 5.51. The highest BCUT2D eigenvalue weighted by molar-refractivity contribution is 7.89. The van der Waals surface area contributed by atoms with Gasteiger partial charge in [0.1, 0.15) is 22.9 Å². The summed E-state index contributed by atoms with van der Waals surface area (Å²) in [6.45, 7) is 4.73. The van der Waals surface area contributed by atoms with Crippen molar-refractivity contribution in [3.8, 4) is 0 Å².